The quantitative estimate of drug-likeness (QED) is 0.810. The first-order valence-corrected chi connectivity index (χ1v) is 9.31. The summed E-state index contributed by atoms with van der Waals surface area (Å²) < 4.78 is 23.9. The van der Waals surface area contributed by atoms with Gasteiger partial charge in [-0.2, -0.15) is 0 Å². The molecule has 2 aromatic carbocycles. The van der Waals surface area contributed by atoms with Gasteiger partial charge in [0.1, 0.15) is 0 Å². The summed E-state index contributed by atoms with van der Waals surface area (Å²) in [6, 6.07) is 18.7. The van der Waals surface area contributed by atoms with Gasteiger partial charge in [0.25, 0.3) is 0 Å². The molecular formula is C18H18N2O2S. The van der Waals surface area contributed by atoms with Crippen molar-refractivity contribution in [1.82, 2.24) is 0 Å². The monoisotopic (exact) mass is 326 g/mol. The average molecular weight is 326 g/mol. The fraction of sp³-hybridized carbons (Fsp3) is 0.222. The highest BCUT2D eigenvalue weighted by Gasteiger charge is 2.36. The van der Waals surface area contributed by atoms with Crippen LogP contribution in [0.5, 0.6) is 0 Å². The molecule has 0 aliphatic carbocycles. The van der Waals surface area contributed by atoms with Crippen LogP contribution < -0.4 is 0 Å². The summed E-state index contributed by atoms with van der Waals surface area (Å²) in [7, 11) is -3.08. The molecule has 0 bridgehead atoms. The van der Waals surface area contributed by atoms with Gasteiger partial charge in [-0.25, -0.2) is 8.42 Å². The molecule has 0 saturated carbocycles. The molecule has 2 aromatic rings. The molecular weight excluding hydrogens is 308 g/mol. The van der Waals surface area contributed by atoms with Crippen LogP contribution in [0.4, 0.5) is 0 Å². The molecule has 118 valence electrons. The minimum Gasteiger partial charge on any atom is -0.286 e. The van der Waals surface area contributed by atoms with Crippen LogP contribution in [0.3, 0.4) is 0 Å². The molecule has 1 heterocycles. The minimum atomic E-state index is -3.08. The number of aliphatic imine (C=N–C) groups is 2. The van der Waals surface area contributed by atoms with E-state index in [0.29, 0.717) is 0 Å². The van der Waals surface area contributed by atoms with E-state index in [4.69, 9.17) is 0 Å². The van der Waals surface area contributed by atoms with E-state index in [9.17, 15) is 8.42 Å². The van der Waals surface area contributed by atoms with Crippen LogP contribution in [-0.4, -0.2) is 44.4 Å². The lowest BCUT2D eigenvalue weighted by molar-refractivity contribution is 0.601. The van der Waals surface area contributed by atoms with Gasteiger partial charge in [0.05, 0.1) is 23.6 Å². The van der Waals surface area contributed by atoms with Gasteiger partial charge < -0.3 is 0 Å². The lowest BCUT2D eigenvalue weighted by Crippen LogP contribution is -2.20. The van der Waals surface area contributed by atoms with E-state index in [1.165, 1.54) is 0 Å². The Hall–Kier alpha value is -2.27. The van der Waals surface area contributed by atoms with E-state index < -0.39 is 9.84 Å². The number of benzene rings is 2. The molecule has 1 saturated heterocycles. The fourth-order valence-corrected chi connectivity index (χ4v) is 4.33. The number of hydrogen-bond acceptors (Lipinski definition) is 4. The molecule has 0 radical (unpaired) electrons. The van der Waals surface area contributed by atoms with Crippen LogP contribution in [0.15, 0.2) is 70.6 Å². The van der Waals surface area contributed by atoms with Crippen molar-refractivity contribution in [2.75, 3.05) is 11.5 Å². The second-order valence-corrected chi connectivity index (χ2v) is 7.74. The normalized spacial score (nSPS) is 23.7. The summed E-state index contributed by atoms with van der Waals surface area (Å²) in [6.07, 6.45) is 3.47. The van der Waals surface area contributed by atoms with Crippen LogP contribution in [0.2, 0.25) is 0 Å². The Morgan fingerprint density at radius 1 is 0.739 bits per heavy atom. The molecule has 1 aliphatic heterocycles. The van der Waals surface area contributed by atoms with E-state index in [1.807, 2.05) is 60.7 Å². The van der Waals surface area contributed by atoms with Gasteiger partial charge in [0.15, 0.2) is 9.84 Å². The number of hydrogen-bond donors (Lipinski definition) is 0. The molecule has 4 nitrogen and oxygen atoms in total. The molecule has 1 fully saturated rings. The van der Waals surface area contributed by atoms with Gasteiger partial charge in [-0.15, -0.1) is 0 Å². The molecule has 5 heteroatoms. The van der Waals surface area contributed by atoms with Gasteiger partial charge in [-0.05, 0) is 11.1 Å². The maximum absolute atomic E-state index is 11.9. The van der Waals surface area contributed by atoms with Crippen LogP contribution >= 0.6 is 0 Å². The standard InChI is InChI=1S/C18H18N2O2S/c21-23(22)13-17(19-11-15-7-3-1-4-8-15)18(14-23)20-12-16-9-5-2-6-10-16/h1-12,17-18H,13-14H2. The Labute approximate surface area is 136 Å². The van der Waals surface area contributed by atoms with E-state index in [2.05, 4.69) is 9.98 Å². The van der Waals surface area contributed by atoms with Gasteiger partial charge in [-0.1, -0.05) is 60.7 Å². The highest BCUT2D eigenvalue weighted by Crippen LogP contribution is 2.19. The summed E-state index contributed by atoms with van der Waals surface area (Å²) in [5.41, 5.74) is 1.92. The largest absolute Gasteiger partial charge is 0.286 e. The first-order chi connectivity index (χ1) is 11.1. The number of nitrogens with zero attached hydrogens (tertiary/aromatic N) is 2. The van der Waals surface area contributed by atoms with Crippen molar-refractivity contribution < 1.29 is 8.42 Å². The summed E-state index contributed by atoms with van der Waals surface area (Å²) in [5, 5.41) is 0. The zero-order valence-electron chi connectivity index (χ0n) is 12.6. The van der Waals surface area contributed by atoms with Crippen molar-refractivity contribution in [2.45, 2.75) is 12.1 Å². The topological polar surface area (TPSA) is 58.9 Å². The predicted octanol–water partition coefficient (Wildman–Crippen LogP) is 2.39. The molecule has 23 heavy (non-hydrogen) atoms. The molecule has 2 unspecified atom stereocenters. The molecule has 3 rings (SSSR count). The first kappa shape index (κ1) is 15.6. The number of sulfone groups is 1. The van der Waals surface area contributed by atoms with Crippen molar-refractivity contribution in [2.24, 2.45) is 9.98 Å². The summed E-state index contributed by atoms with van der Waals surface area (Å²) in [6.45, 7) is 0. The van der Waals surface area contributed by atoms with Crippen molar-refractivity contribution in [1.29, 1.82) is 0 Å². The molecule has 0 aromatic heterocycles. The van der Waals surface area contributed by atoms with Crippen LogP contribution in [0.25, 0.3) is 0 Å². The number of rotatable bonds is 4. The average Bonchev–Trinajstić information content (AvgIpc) is 2.87. The van der Waals surface area contributed by atoms with E-state index in [1.54, 1.807) is 12.4 Å². The van der Waals surface area contributed by atoms with Crippen molar-refractivity contribution in [3.8, 4) is 0 Å². The third-order valence-corrected chi connectivity index (χ3v) is 5.42. The maximum Gasteiger partial charge on any atom is 0.154 e. The van der Waals surface area contributed by atoms with Crippen LogP contribution in [-0.2, 0) is 9.84 Å². The molecule has 2 atom stereocenters. The molecule has 1 aliphatic rings. The van der Waals surface area contributed by atoms with Crippen molar-refractivity contribution in [3.63, 3.8) is 0 Å². The van der Waals surface area contributed by atoms with Crippen molar-refractivity contribution >= 4 is 22.3 Å². The highest BCUT2D eigenvalue weighted by molar-refractivity contribution is 7.91. The van der Waals surface area contributed by atoms with Crippen LogP contribution in [0.1, 0.15) is 11.1 Å². The second kappa shape index (κ2) is 6.87. The molecule has 0 N–H and O–H groups in total. The lowest BCUT2D eigenvalue weighted by atomic mass is 10.2. The Morgan fingerprint density at radius 3 is 1.52 bits per heavy atom. The Morgan fingerprint density at radius 2 is 1.13 bits per heavy atom. The zero-order valence-corrected chi connectivity index (χ0v) is 13.4. The Bertz CT molecular complexity index is 736. The first-order valence-electron chi connectivity index (χ1n) is 7.49. The van der Waals surface area contributed by atoms with E-state index in [-0.39, 0.29) is 23.6 Å². The van der Waals surface area contributed by atoms with Gasteiger partial charge in [-0.3, -0.25) is 9.98 Å². The van der Waals surface area contributed by atoms with E-state index >= 15 is 0 Å². The Balaban J connectivity index is 1.77. The van der Waals surface area contributed by atoms with Gasteiger partial charge in [0.2, 0.25) is 0 Å². The molecule has 0 spiro atoms. The smallest absolute Gasteiger partial charge is 0.154 e. The Kier molecular flexibility index (Phi) is 4.67. The van der Waals surface area contributed by atoms with E-state index in [0.717, 1.165) is 11.1 Å². The fourth-order valence-electron chi connectivity index (χ4n) is 2.54. The van der Waals surface area contributed by atoms with Gasteiger partial charge in [0, 0.05) is 12.4 Å². The third-order valence-electron chi connectivity index (χ3n) is 3.72. The van der Waals surface area contributed by atoms with Gasteiger partial charge >= 0.3 is 0 Å². The predicted molar refractivity (Wildman–Crippen MR) is 94.3 cm³/mol. The summed E-state index contributed by atoms with van der Waals surface area (Å²) >= 11 is 0. The SMILES string of the molecule is O=S1(=O)CC(N=Cc2ccccc2)C(N=Cc2ccccc2)C1. The lowest BCUT2D eigenvalue weighted by Gasteiger charge is -2.08. The second-order valence-electron chi connectivity index (χ2n) is 5.59. The maximum atomic E-state index is 11.9. The van der Waals surface area contributed by atoms with Crippen LogP contribution in [0, 0.1) is 0 Å². The summed E-state index contributed by atoms with van der Waals surface area (Å²) in [4.78, 5) is 8.93. The minimum absolute atomic E-state index is 0.0626. The third kappa shape index (κ3) is 4.36. The summed E-state index contributed by atoms with van der Waals surface area (Å²) in [5.74, 6) is 0.125. The molecule has 0 amide bonds. The zero-order chi connectivity index (χ0) is 16.1. The van der Waals surface area contributed by atoms with Crippen molar-refractivity contribution in [3.05, 3.63) is 71.8 Å². The highest BCUT2D eigenvalue weighted by atomic mass is 32.2.